The van der Waals surface area contributed by atoms with Crippen molar-refractivity contribution >= 4 is 23.1 Å². The Morgan fingerprint density at radius 2 is 1.88 bits per heavy atom. The van der Waals surface area contributed by atoms with Gasteiger partial charge in [0, 0.05) is 18.3 Å². The van der Waals surface area contributed by atoms with Gasteiger partial charge in [-0.05, 0) is 31.2 Å². The first-order chi connectivity index (χ1) is 11.7. The van der Waals surface area contributed by atoms with Gasteiger partial charge in [-0.2, -0.15) is 10.1 Å². The van der Waals surface area contributed by atoms with Crippen LogP contribution in [-0.4, -0.2) is 21.7 Å². The van der Waals surface area contributed by atoms with Gasteiger partial charge < -0.3 is 10.2 Å². The fourth-order valence-electron chi connectivity index (χ4n) is 2.27. The van der Waals surface area contributed by atoms with Gasteiger partial charge in [0.05, 0.1) is 11.9 Å². The Bertz CT molecular complexity index is 826. The molecule has 1 aromatic heterocycles. The van der Waals surface area contributed by atoms with Crippen LogP contribution in [-0.2, 0) is 0 Å². The first kappa shape index (κ1) is 15.8. The summed E-state index contributed by atoms with van der Waals surface area (Å²) in [7, 11) is 0. The molecule has 0 unspecified atom stereocenters. The van der Waals surface area contributed by atoms with Crippen LogP contribution in [0, 0.1) is 11.6 Å². The third kappa shape index (κ3) is 3.45. The van der Waals surface area contributed by atoms with Crippen molar-refractivity contribution in [2.45, 2.75) is 6.92 Å². The molecule has 0 atom stereocenters. The number of hydrogen-bond acceptors (Lipinski definition) is 5. The molecule has 0 radical (unpaired) electrons. The van der Waals surface area contributed by atoms with E-state index >= 15 is 0 Å². The predicted octanol–water partition coefficient (Wildman–Crippen LogP) is 4.05. The number of nitrogens with zero attached hydrogens (tertiary/aromatic N) is 4. The Morgan fingerprint density at radius 3 is 2.58 bits per heavy atom. The minimum absolute atomic E-state index is 0.0816. The second-order valence-corrected chi connectivity index (χ2v) is 4.97. The fourth-order valence-corrected chi connectivity index (χ4v) is 2.27. The molecule has 0 saturated heterocycles. The number of rotatable bonds is 5. The third-order valence-corrected chi connectivity index (χ3v) is 3.38. The van der Waals surface area contributed by atoms with Crippen molar-refractivity contribution in [3.8, 4) is 0 Å². The second kappa shape index (κ2) is 6.99. The van der Waals surface area contributed by atoms with E-state index in [0.29, 0.717) is 12.4 Å². The number of nitrogens with one attached hydrogen (secondary N) is 1. The van der Waals surface area contributed by atoms with Crippen LogP contribution in [0.5, 0.6) is 0 Å². The van der Waals surface area contributed by atoms with Gasteiger partial charge in [-0.1, -0.05) is 18.2 Å². The number of anilines is 4. The van der Waals surface area contributed by atoms with Crippen molar-refractivity contribution in [2.24, 2.45) is 0 Å². The molecule has 0 saturated carbocycles. The van der Waals surface area contributed by atoms with E-state index in [9.17, 15) is 8.78 Å². The Balaban J connectivity index is 1.88. The zero-order valence-corrected chi connectivity index (χ0v) is 12.9. The predicted molar refractivity (Wildman–Crippen MR) is 88.6 cm³/mol. The highest BCUT2D eigenvalue weighted by Gasteiger charge is 2.11. The molecule has 2 aromatic carbocycles. The Hall–Kier alpha value is -3.09. The van der Waals surface area contributed by atoms with Crippen molar-refractivity contribution in [1.82, 2.24) is 15.2 Å². The van der Waals surface area contributed by atoms with Gasteiger partial charge >= 0.3 is 0 Å². The summed E-state index contributed by atoms with van der Waals surface area (Å²) in [5.41, 5.74) is 1.04. The maximum Gasteiger partial charge on any atom is 0.249 e. The van der Waals surface area contributed by atoms with Crippen LogP contribution in [0.15, 0.2) is 54.7 Å². The molecule has 5 nitrogen and oxygen atoms in total. The summed E-state index contributed by atoms with van der Waals surface area (Å²) in [4.78, 5) is 6.31. The minimum Gasteiger partial charge on any atom is -0.325 e. The topological polar surface area (TPSA) is 53.9 Å². The smallest absolute Gasteiger partial charge is 0.249 e. The first-order valence-electron chi connectivity index (χ1n) is 7.41. The molecule has 1 heterocycles. The molecule has 7 heteroatoms. The Kier molecular flexibility index (Phi) is 4.60. The molecule has 3 rings (SSSR count). The van der Waals surface area contributed by atoms with E-state index in [4.69, 9.17) is 0 Å². The summed E-state index contributed by atoms with van der Waals surface area (Å²) in [6.45, 7) is 2.66. The van der Waals surface area contributed by atoms with Crippen LogP contribution >= 0.6 is 0 Å². The zero-order chi connectivity index (χ0) is 16.9. The van der Waals surface area contributed by atoms with Gasteiger partial charge in [0.15, 0.2) is 5.82 Å². The lowest BCUT2D eigenvalue weighted by Gasteiger charge is -2.21. The molecule has 0 aliphatic rings. The summed E-state index contributed by atoms with van der Waals surface area (Å²) in [5.74, 6) is -0.664. The van der Waals surface area contributed by atoms with Crippen LogP contribution in [0.25, 0.3) is 0 Å². The summed E-state index contributed by atoms with van der Waals surface area (Å²) >= 11 is 0. The van der Waals surface area contributed by atoms with E-state index in [1.807, 2.05) is 42.2 Å². The molecule has 0 amide bonds. The number of benzene rings is 2. The summed E-state index contributed by atoms with van der Waals surface area (Å²) in [5, 5.41) is 10.5. The van der Waals surface area contributed by atoms with Crippen LogP contribution < -0.4 is 10.2 Å². The number of para-hydroxylation sites is 1. The van der Waals surface area contributed by atoms with Crippen molar-refractivity contribution < 1.29 is 8.78 Å². The van der Waals surface area contributed by atoms with Gasteiger partial charge in [0.1, 0.15) is 11.6 Å². The Morgan fingerprint density at radius 1 is 1.08 bits per heavy atom. The molecule has 0 bridgehead atoms. The van der Waals surface area contributed by atoms with Crippen LogP contribution in [0.3, 0.4) is 0 Å². The molecule has 3 aromatic rings. The quantitative estimate of drug-likeness (QED) is 0.766. The van der Waals surface area contributed by atoms with Gasteiger partial charge in [0.2, 0.25) is 5.95 Å². The minimum atomic E-state index is -0.723. The molecule has 0 aliphatic heterocycles. The van der Waals surface area contributed by atoms with Crippen molar-refractivity contribution in [1.29, 1.82) is 0 Å². The van der Waals surface area contributed by atoms with Crippen LogP contribution in [0.2, 0.25) is 0 Å². The molecular formula is C17H15F2N5. The third-order valence-electron chi connectivity index (χ3n) is 3.38. The standard InChI is InChI=1S/C17H15F2N5/c1-2-24(13-6-4-3-5-7-13)16-11-20-23-17(22-16)21-15-9-8-12(18)10-14(15)19/h3-11H,2H2,1H3,(H,21,22,23). The Labute approximate surface area is 138 Å². The van der Waals surface area contributed by atoms with Crippen LogP contribution in [0.4, 0.5) is 31.9 Å². The molecule has 24 heavy (non-hydrogen) atoms. The van der Waals surface area contributed by atoms with E-state index in [-0.39, 0.29) is 11.6 Å². The summed E-state index contributed by atoms with van der Waals surface area (Å²) in [6, 6.07) is 12.9. The lowest BCUT2D eigenvalue weighted by molar-refractivity contribution is 0.586. The van der Waals surface area contributed by atoms with Crippen molar-refractivity contribution in [3.05, 3.63) is 66.4 Å². The molecule has 1 N–H and O–H groups in total. The van der Waals surface area contributed by atoms with Crippen LogP contribution in [0.1, 0.15) is 6.92 Å². The normalized spacial score (nSPS) is 10.5. The number of halogens is 2. The molecule has 0 spiro atoms. The van der Waals surface area contributed by atoms with E-state index < -0.39 is 11.6 Å². The summed E-state index contributed by atoms with van der Waals surface area (Å²) in [6.07, 6.45) is 1.53. The molecule has 0 fully saturated rings. The van der Waals surface area contributed by atoms with Gasteiger partial charge in [0.25, 0.3) is 0 Å². The maximum atomic E-state index is 13.7. The molecule has 0 aliphatic carbocycles. The highest BCUT2D eigenvalue weighted by Crippen LogP contribution is 2.24. The molecule has 122 valence electrons. The average Bonchev–Trinajstić information content (AvgIpc) is 2.60. The van der Waals surface area contributed by atoms with Crippen molar-refractivity contribution in [2.75, 3.05) is 16.8 Å². The SMILES string of the molecule is CCN(c1ccccc1)c1cnnc(Nc2ccc(F)cc2F)n1. The lowest BCUT2D eigenvalue weighted by Crippen LogP contribution is -2.18. The highest BCUT2D eigenvalue weighted by molar-refractivity contribution is 5.61. The van der Waals surface area contributed by atoms with Gasteiger partial charge in [-0.3, -0.25) is 0 Å². The lowest BCUT2D eigenvalue weighted by atomic mass is 10.3. The summed E-state index contributed by atoms with van der Waals surface area (Å²) < 4.78 is 26.7. The second-order valence-electron chi connectivity index (χ2n) is 4.97. The monoisotopic (exact) mass is 327 g/mol. The van der Waals surface area contributed by atoms with E-state index in [0.717, 1.165) is 17.8 Å². The highest BCUT2D eigenvalue weighted by atomic mass is 19.1. The fraction of sp³-hybridized carbons (Fsp3) is 0.118. The number of aromatic nitrogens is 3. The van der Waals surface area contributed by atoms with E-state index in [1.54, 1.807) is 0 Å². The van der Waals surface area contributed by atoms with Crippen molar-refractivity contribution in [3.63, 3.8) is 0 Å². The largest absolute Gasteiger partial charge is 0.325 e. The van der Waals surface area contributed by atoms with Gasteiger partial charge in [-0.15, -0.1) is 5.10 Å². The average molecular weight is 327 g/mol. The van der Waals surface area contributed by atoms with Gasteiger partial charge in [-0.25, -0.2) is 8.78 Å². The van der Waals surface area contributed by atoms with E-state index in [2.05, 4.69) is 20.5 Å². The zero-order valence-electron chi connectivity index (χ0n) is 12.9. The van der Waals surface area contributed by atoms with E-state index in [1.165, 1.54) is 12.3 Å². The molecular weight excluding hydrogens is 312 g/mol. The number of hydrogen-bond donors (Lipinski definition) is 1. The maximum absolute atomic E-state index is 13.7. The first-order valence-corrected chi connectivity index (χ1v) is 7.41.